The number of rotatable bonds is 0. The van der Waals surface area contributed by atoms with Crippen LogP contribution in [0.1, 0.15) is 31.9 Å². The molecule has 0 fully saturated rings. The minimum absolute atomic E-state index is 0.135. The van der Waals surface area contributed by atoms with Crippen LogP contribution >= 0.6 is 0 Å². The SMILES string of the molecule is CC1(C)CC(N)c2cc(F)ccc2O1. The number of fused-ring (bicyclic) bond motifs is 1. The summed E-state index contributed by atoms with van der Waals surface area (Å²) >= 11 is 0. The van der Waals surface area contributed by atoms with E-state index >= 15 is 0 Å². The summed E-state index contributed by atoms with van der Waals surface area (Å²) in [6.45, 7) is 3.97. The summed E-state index contributed by atoms with van der Waals surface area (Å²) in [6, 6.07) is 4.36. The van der Waals surface area contributed by atoms with E-state index in [4.69, 9.17) is 10.5 Å². The van der Waals surface area contributed by atoms with Crippen molar-refractivity contribution in [1.29, 1.82) is 0 Å². The van der Waals surface area contributed by atoms with Crippen LogP contribution in [-0.4, -0.2) is 5.60 Å². The largest absolute Gasteiger partial charge is 0.487 e. The third-order valence-corrected chi connectivity index (χ3v) is 2.47. The van der Waals surface area contributed by atoms with E-state index in [1.165, 1.54) is 12.1 Å². The quantitative estimate of drug-likeness (QED) is 0.689. The molecule has 76 valence electrons. The van der Waals surface area contributed by atoms with Crippen LogP contribution in [0.15, 0.2) is 18.2 Å². The minimum Gasteiger partial charge on any atom is -0.487 e. The molecular formula is C11H14FNO. The monoisotopic (exact) mass is 195 g/mol. The van der Waals surface area contributed by atoms with Crippen molar-refractivity contribution in [2.45, 2.75) is 31.9 Å². The summed E-state index contributed by atoms with van der Waals surface area (Å²) in [4.78, 5) is 0. The van der Waals surface area contributed by atoms with E-state index in [0.29, 0.717) is 12.2 Å². The summed E-state index contributed by atoms with van der Waals surface area (Å²) in [5.41, 5.74) is 6.45. The van der Waals surface area contributed by atoms with Crippen molar-refractivity contribution in [2.75, 3.05) is 0 Å². The van der Waals surface area contributed by atoms with Gasteiger partial charge in [0.15, 0.2) is 0 Å². The van der Waals surface area contributed by atoms with Gasteiger partial charge < -0.3 is 10.5 Å². The predicted octanol–water partition coefficient (Wildman–Crippen LogP) is 2.39. The van der Waals surface area contributed by atoms with E-state index in [1.807, 2.05) is 13.8 Å². The second kappa shape index (κ2) is 2.95. The molecule has 2 rings (SSSR count). The molecule has 14 heavy (non-hydrogen) atoms. The number of nitrogens with two attached hydrogens (primary N) is 1. The lowest BCUT2D eigenvalue weighted by atomic mass is 9.90. The van der Waals surface area contributed by atoms with E-state index in [1.54, 1.807) is 6.07 Å². The van der Waals surface area contributed by atoms with Gasteiger partial charge in [0.2, 0.25) is 0 Å². The van der Waals surface area contributed by atoms with E-state index in [-0.39, 0.29) is 17.5 Å². The molecule has 1 aliphatic rings. The number of hydrogen-bond donors (Lipinski definition) is 1. The van der Waals surface area contributed by atoms with Crippen molar-refractivity contribution in [3.63, 3.8) is 0 Å². The molecule has 1 heterocycles. The fraction of sp³-hybridized carbons (Fsp3) is 0.455. The summed E-state index contributed by atoms with van der Waals surface area (Å²) in [6.07, 6.45) is 0.712. The molecule has 0 aliphatic carbocycles. The Morgan fingerprint density at radius 1 is 1.50 bits per heavy atom. The van der Waals surface area contributed by atoms with Crippen molar-refractivity contribution < 1.29 is 9.13 Å². The van der Waals surface area contributed by atoms with E-state index < -0.39 is 0 Å². The van der Waals surface area contributed by atoms with Gasteiger partial charge in [-0.05, 0) is 32.0 Å². The highest BCUT2D eigenvalue weighted by atomic mass is 19.1. The summed E-state index contributed by atoms with van der Waals surface area (Å²) < 4.78 is 18.6. The van der Waals surface area contributed by atoms with Crippen LogP contribution in [-0.2, 0) is 0 Å². The van der Waals surface area contributed by atoms with Gasteiger partial charge in [-0.25, -0.2) is 4.39 Å². The molecule has 0 spiro atoms. The zero-order chi connectivity index (χ0) is 10.3. The van der Waals surface area contributed by atoms with Gasteiger partial charge in [0.1, 0.15) is 17.2 Å². The topological polar surface area (TPSA) is 35.2 Å². The molecule has 1 aromatic rings. The van der Waals surface area contributed by atoms with Crippen molar-refractivity contribution in [1.82, 2.24) is 0 Å². The molecular weight excluding hydrogens is 181 g/mol. The number of ether oxygens (including phenoxy) is 1. The Morgan fingerprint density at radius 3 is 2.93 bits per heavy atom. The average molecular weight is 195 g/mol. The molecule has 0 bridgehead atoms. The molecule has 2 N–H and O–H groups in total. The summed E-state index contributed by atoms with van der Waals surface area (Å²) in [7, 11) is 0. The smallest absolute Gasteiger partial charge is 0.125 e. The first-order valence-electron chi connectivity index (χ1n) is 4.72. The van der Waals surface area contributed by atoms with Gasteiger partial charge in [-0.3, -0.25) is 0 Å². The van der Waals surface area contributed by atoms with Crippen molar-refractivity contribution in [3.05, 3.63) is 29.6 Å². The summed E-state index contributed by atoms with van der Waals surface area (Å²) in [5.74, 6) is 0.442. The second-order valence-electron chi connectivity index (χ2n) is 4.35. The van der Waals surface area contributed by atoms with Crippen LogP contribution in [0.3, 0.4) is 0 Å². The molecule has 0 amide bonds. The maximum absolute atomic E-state index is 12.9. The standard InChI is InChI=1S/C11H14FNO/c1-11(2)6-9(13)8-5-7(12)3-4-10(8)14-11/h3-5,9H,6,13H2,1-2H3. The molecule has 1 atom stereocenters. The van der Waals surface area contributed by atoms with Gasteiger partial charge in [0.25, 0.3) is 0 Å². The fourth-order valence-electron chi connectivity index (χ4n) is 1.88. The van der Waals surface area contributed by atoms with Gasteiger partial charge in [0, 0.05) is 18.0 Å². The van der Waals surface area contributed by atoms with Crippen LogP contribution in [0.2, 0.25) is 0 Å². The zero-order valence-electron chi connectivity index (χ0n) is 8.38. The van der Waals surface area contributed by atoms with Crippen LogP contribution in [0, 0.1) is 5.82 Å². The van der Waals surface area contributed by atoms with Crippen LogP contribution in [0.4, 0.5) is 4.39 Å². The van der Waals surface area contributed by atoms with Crippen molar-refractivity contribution in [2.24, 2.45) is 5.73 Å². The molecule has 0 saturated carbocycles. The lowest BCUT2D eigenvalue weighted by Crippen LogP contribution is -2.37. The molecule has 2 nitrogen and oxygen atoms in total. The molecule has 0 saturated heterocycles. The molecule has 0 aromatic heterocycles. The van der Waals surface area contributed by atoms with E-state index in [2.05, 4.69) is 0 Å². The Labute approximate surface area is 82.9 Å². The predicted molar refractivity (Wildman–Crippen MR) is 52.7 cm³/mol. The minimum atomic E-state index is -0.262. The Kier molecular flexibility index (Phi) is 2.00. The average Bonchev–Trinajstić information content (AvgIpc) is 2.05. The van der Waals surface area contributed by atoms with E-state index in [9.17, 15) is 4.39 Å². The normalized spacial score (nSPS) is 23.9. The molecule has 0 radical (unpaired) electrons. The zero-order valence-corrected chi connectivity index (χ0v) is 8.38. The first kappa shape index (κ1) is 9.46. The Balaban J connectivity index is 2.45. The van der Waals surface area contributed by atoms with Crippen molar-refractivity contribution >= 4 is 0 Å². The highest BCUT2D eigenvalue weighted by Gasteiger charge is 2.31. The maximum Gasteiger partial charge on any atom is 0.125 e. The molecule has 3 heteroatoms. The third-order valence-electron chi connectivity index (χ3n) is 2.47. The van der Waals surface area contributed by atoms with Gasteiger partial charge in [0.05, 0.1) is 0 Å². The van der Waals surface area contributed by atoms with Gasteiger partial charge in [-0.15, -0.1) is 0 Å². The van der Waals surface area contributed by atoms with Crippen LogP contribution in [0.5, 0.6) is 5.75 Å². The Morgan fingerprint density at radius 2 is 2.21 bits per heavy atom. The van der Waals surface area contributed by atoms with Crippen LogP contribution in [0.25, 0.3) is 0 Å². The lowest BCUT2D eigenvalue weighted by Gasteiger charge is -2.36. The van der Waals surface area contributed by atoms with Gasteiger partial charge in [-0.1, -0.05) is 0 Å². The Hall–Kier alpha value is -1.09. The molecule has 1 unspecified atom stereocenters. The first-order valence-corrected chi connectivity index (χ1v) is 4.72. The van der Waals surface area contributed by atoms with Gasteiger partial charge in [-0.2, -0.15) is 0 Å². The molecule has 1 aliphatic heterocycles. The number of hydrogen-bond acceptors (Lipinski definition) is 2. The second-order valence-corrected chi connectivity index (χ2v) is 4.35. The lowest BCUT2D eigenvalue weighted by molar-refractivity contribution is 0.0726. The van der Waals surface area contributed by atoms with E-state index in [0.717, 1.165) is 5.56 Å². The number of halogens is 1. The maximum atomic E-state index is 12.9. The first-order chi connectivity index (χ1) is 6.48. The summed E-state index contributed by atoms with van der Waals surface area (Å²) in [5, 5.41) is 0. The highest BCUT2D eigenvalue weighted by Crippen LogP contribution is 2.38. The third kappa shape index (κ3) is 1.60. The van der Waals surface area contributed by atoms with Crippen molar-refractivity contribution in [3.8, 4) is 5.75 Å². The highest BCUT2D eigenvalue weighted by molar-refractivity contribution is 5.38. The number of benzene rings is 1. The van der Waals surface area contributed by atoms with Gasteiger partial charge >= 0.3 is 0 Å². The Bertz CT molecular complexity index is 362. The molecule has 1 aromatic carbocycles. The van der Waals surface area contributed by atoms with Crippen LogP contribution < -0.4 is 10.5 Å². The fourth-order valence-corrected chi connectivity index (χ4v) is 1.88.